The molecule has 118 valence electrons. The van der Waals surface area contributed by atoms with E-state index >= 15 is 0 Å². The molecule has 0 aliphatic rings. The quantitative estimate of drug-likeness (QED) is 0.857. The van der Waals surface area contributed by atoms with Crippen molar-refractivity contribution in [1.29, 1.82) is 0 Å². The van der Waals surface area contributed by atoms with Gasteiger partial charge in [0.15, 0.2) is 0 Å². The maximum atomic E-state index is 12.1. The van der Waals surface area contributed by atoms with Crippen molar-refractivity contribution in [3.63, 3.8) is 0 Å². The van der Waals surface area contributed by atoms with Crippen LogP contribution in [0.2, 0.25) is 0 Å². The largest absolute Gasteiger partial charge is 0.487 e. The summed E-state index contributed by atoms with van der Waals surface area (Å²) in [4.78, 5) is 16.4. The fourth-order valence-corrected chi connectivity index (χ4v) is 2.37. The Morgan fingerprint density at radius 2 is 2.23 bits per heavy atom. The van der Waals surface area contributed by atoms with Crippen LogP contribution in [0.1, 0.15) is 34.9 Å². The number of nitrogens with two attached hydrogens (primary N) is 1. The summed E-state index contributed by atoms with van der Waals surface area (Å²) in [5, 5.41) is 5.79. The SMILES string of the molecule is Cc1nc(COc2cccc(C(=O)NCC(C)(C)N)c2)cs1. The summed E-state index contributed by atoms with van der Waals surface area (Å²) in [6, 6.07) is 7.09. The Labute approximate surface area is 134 Å². The van der Waals surface area contributed by atoms with Gasteiger partial charge in [-0.3, -0.25) is 4.79 Å². The van der Waals surface area contributed by atoms with E-state index in [1.54, 1.807) is 29.5 Å². The molecule has 6 heteroatoms. The molecule has 1 heterocycles. The first-order chi connectivity index (χ1) is 10.3. The van der Waals surface area contributed by atoms with Crippen LogP contribution in [0.3, 0.4) is 0 Å². The van der Waals surface area contributed by atoms with Gasteiger partial charge >= 0.3 is 0 Å². The Kier molecular flexibility index (Phi) is 5.15. The number of nitrogens with one attached hydrogen (secondary N) is 1. The van der Waals surface area contributed by atoms with E-state index in [1.165, 1.54) is 0 Å². The second kappa shape index (κ2) is 6.89. The van der Waals surface area contributed by atoms with Crippen LogP contribution in [-0.2, 0) is 6.61 Å². The summed E-state index contributed by atoms with van der Waals surface area (Å²) in [5.41, 5.74) is 6.87. The van der Waals surface area contributed by atoms with Crippen LogP contribution >= 0.6 is 11.3 Å². The minimum Gasteiger partial charge on any atom is -0.487 e. The van der Waals surface area contributed by atoms with Gasteiger partial charge in [-0.15, -0.1) is 11.3 Å². The topological polar surface area (TPSA) is 77.2 Å². The second-order valence-electron chi connectivity index (χ2n) is 5.85. The fourth-order valence-electron chi connectivity index (χ4n) is 1.77. The van der Waals surface area contributed by atoms with Gasteiger partial charge in [0.2, 0.25) is 0 Å². The second-order valence-corrected chi connectivity index (χ2v) is 6.91. The van der Waals surface area contributed by atoms with Crippen molar-refractivity contribution in [3.8, 4) is 5.75 Å². The molecule has 0 unspecified atom stereocenters. The number of carbonyl (C=O) groups is 1. The molecule has 1 aromatic heterocycles. The highest BCUT2D eigenvalue weighted by Crippen LogP contribution is 2.16. The first-order valence-corrected chi connectivity index (χ1v) is 7.92. The zero-order valence-electron chi connectivity index (χ0n) is 13.1. The lowest BCUT2D eigenvalue weighted by Gasteiger charge is -2.19. The van der Waals surface area contributed by atoms with Gasteiger partial charge in [-0.05, 0) is 39.0 Å². The number of ether oxygens (including phenoxy) is 1. The number of hydrogen-bond donors (Lipinski definition) is 2. The van der Waals surface area contributed by atoms with Gasteiger partial charge in [0.05, 0.1) is 10.7 Å². The molecule has 0 radical (unpaired) electrons. The average Bonchev–Trinajstić information content (AvgIpc) is 2.88. The van der Waals surface area contributed by atoms with Crippen molar-refractivity contribution in [2.45, 2.75) is 32.9 Å². The smallest absolute Gasteiger partial charge is 0.251 e. The minimum atomic E-state index is -0.438. The lowest BCUT2D eigenvalue weighted by atomic mass is 10.1. The normalized spacial score (nSPS) is 11.3. The van der Waals surface area contributed by atoms with Crippen LogP contribution in [-0.4, -0.2) is 23.0 Å². The van der Waals surface area contributed by atoms with E-state index in [9.17, 15) is 4.79 Å². The lowest BCUT2D eigenvalue weighted by Crippen LogP contribution is -2.45. The highest BCUT2D eigenvalue weighted by Gasteiger charge is 2.13. The van der Waals surface area contributed by atoms with Gasteiger partial charge in [-0.2, -0.15) is 0 Å². The number of rotatable bonds is 6. The molecule has 0 aliphatic heterocycles. The zero-order valence-corrected chi connectivity index (χ0v) is 13.9. The van der Waals surface area contributed by atoms with Crippen LogP contribution in [0.25, 0.3) is 0 Å². The highest BCUT2D eigenvalue weighted by atomic mass is 32.1. The number of carbonyl (C=O) groups excluding carboxylic acids is 1. The van der Waals surface area contributed by atoms with E-state index in [0.29, 0.717) is 24.5 Å². The maximum absolute atomic E-state index is 12.1. The molecule has 0 fully saturated rings. The number of aromatic nitrogens is 1. The highest BCUT2D eigenvalue weighted by molar-refractivity contribution is 7.09. The Bertz CT molecular complexity index is 647. The summed E-state index contributed by atoms with van der Waals surface area (Å²) in [5.74, 6) is 0.485. The van der Waals surface area contributed by atoms with Gasteiger partial charge in [0, 0.05) is 23.0 Å². The molecule has 0 bridgehead atoms. The molecule has 2 rings (SSSR count). The molecule has 0 saturated carbocycles. The number of benzene rings is 1. The molecule has 3 N–H and O–H groups in total. The predicted octanol–water partition coefficient (Wildman–Crippen LogP) is 2.50. The standard InChI is InChI=1S/C16H21N3O2S/c1-11-19-13(9-22-11)8-21-14-6-4-5-12(7-14)15(20)18-10-16(2,3)17/h4-7,9H,8,10,17H2,1-3H3,(H,18,20). The molecule has 0 aliphatic carbocycles. The minimum absolute atomic E-state index is 0.159. The molecule has 1 amide bonds. The monoisotopic (exact) mass is 319 g/mol. The first kappa shape index (κ1) is 16.5. The summed E-state index contributed by atoms with van der Waals surface area (Å²) >= 11 is 1.59. The molecule has 0 saturated heterocycles. The fraction of sp³-hybridized carbons (Fsp3) is 0.375. The molecule has 5 nitrogen and oxygen atoms in total. The third-order valence-corrected chi connectivity index (χ3v) is 3.68. The van der Waals surface area contributed by atoms with Crippen LogP contribution < -0.4 is 15.8 Å². The Balaban J connectivity index is 1.95. The lowest BCUT2D eigenvalue weighted by molar-refractivity contribution is 0.0945. The van der Waals surface area contributed by atoms with Crippen molar-refractivity contribution in [2.24, 2.45) is 5.73 Å². The van der Waals surface area contributed by atoms with Crippen LogP contribution in [0, 0.1) is 6.92 Å². The van der Waals surface area contributed by atoms with Crippen LogP contribution in [0.15, 0.2) is 29.6 Å². The van der Waals surface area contributed by atoms with Gasteiger partial charge in [-0.25, -0.2) is 4.98 Å². The van der Waals surface area contributed by atoms with E-state index in [-0.39, 0.29) is 5.91 Å². The Morgan fingerprint density at radius 1 is 1.45 bits per heavy atom. The van der Waals surface area contributed by atoms with E-state index in [1.807, 2.05) is 32.2 Å². The summed E-state index contributed by atoms with van der Waals surface area (Å²) in [7, 11) is 0. The van der Waals surface area contributed by atoms with Crippen molar-refractivity contribution >= 4 is 17.2 Å². The number of thiazole rings is 1. The molecule has 1 aromatic carbocycles. The summed E-state index contributed by atoms with van der Waals surface area (Å²) in [6.07, 6.45) is 0. The number of aryl methyl sites for hydroxylation is 1. The summed E-state index contributed by atoms with van der Waals surface area (Å²) < 4.78 is 5.68. The predicted molar refractivity (Wildman–Crippen MR) is 88.2 cm³/mol. The Morgan fingerprint density at radius 3 is 2.86 bits per heavy atom. The van der Waals surface area contributed by atoms with E-state index in [4.69, 9.17) is 10.5 Å². The number of hydrogen-bond acceptors (Lipinski definition) is 5. The van der Waals surface area contributed by atoms with E-state index < -0.39 is 5.54 Å². The zero-order chi connectivity index (χ0) is 16.2. The molecule has 0 spiro atoms. The molecule has 2 aromatic rings. The third kappa shape index (κ3) is 5.13. The maximum Gasteiger partial charge on any atom is 0.251 e. The van der Waals surface area contributed by atoms with Crippen molar-refractivity contribution in [2.75, 3.05) is 6.54 Å². The van der Waals surface area contributed by atoms with Gasteiger partial charge in [0.25, 0.3) is 5.91 Å². The van der Waals surface area contributed by atoms with Crippen molar-refractivity contribution in [3.05, 3.63) is 45.9 Å². The molecular weight excluding hydrogens is 298 g/mol. The summed E-state index contributed by atoms with van der Waals surface area (Å²) in [6.45, 7) is 6.49. The van der Waals surface area contributed by atoms with Crippen LogP contribution in [0.5, 0.6) is 5.75 Å². The number of nitrogens with zero attached hydrogens (tertiary/aromatic N) is 1. The van der Waals surface area contributed by atoms with E-state index in [2.05, 4.69) is 10.3 Å². The average molecular weight is 319 g/mol. The molecular formula is C16H21N3O2S. The molecule has 22 heavy (non-hydrogen) atoms. The van der Waals surface area contributed by atoms with Crippen LogP contribution in [0.4, 0.5) is 0 Å². The van der Waals surface area contributed by atoms with Gasteiger partial charge < -0.3 is 15.8 Å². The van der Waals surface area contributed by atoms with E-state index in [0.717, 1.165) is 10.7 Å². The third-order valence-electron chi connectivity index (χ3n) is 2.85. The van der Waals surface area contributed by atoms with Gasteiger partial charge in [0.1, 0.15) is 12.4 Å². The number of amides is 1. The first-order valence-electron chi connectivity index (χ1n) is 7.04. The van der Waals surface area contributed by atoms with Crippen molar-refractivity contribution in [1.82, 2.24) is 10.3 Å². The molecule has 0 atom stereocenters. The Hall–Kier alpha value is -1.92. The van der Waals surface area contributed by atoms with Crippen molar-refractivity contribution < 1.29 is 9.53 Å². The van der Waals surface area contributed by atoms with Gasteiger partial charge in [-0.1, -0.05) is 6.07 Å².